The van der Waals surface area contributed by atoms with Crippen LogP contribution in [0.2, 0.25) is 0 Å². The van der Waals surface area contributed by atoms with Crippen LogP contribution < -0.4 is 16.0 Å². The fourth-order valence-corrected chi connectivity index (χ4v) is 8.76. The number of nitrogens with zero attached hydrogens (tertiary/aromatic N) is 3. The molecule has 2 aromatic carbocycles. The van der Waals surface area contributed by atoms with Crippen molar-refractivity contribution >= 4 is 49.2 Å². The Morgan fingerprint density at radius 1 is 0.952 bits per heavy atom. The van der Waals surface area contributed by atoms with Gasteiger partial charge in [-0.25, -0.2) is 18.1 Å². The number of carbonyl (C=O) groups excluding carboxylic acids is 7. The van der Waals surface area contributed by atoms with Gasteiger partial charge in [0.05, 0.1) is 12.5 Å². The maximum atomic E-state index is 14.7. The number of hydrogen-bond donors (Lipinski definition) is 5. The Bertz CT molecular complexity index is 2090. The molecule has 18 nitrogen and oxygen atoms in total. The van der Waals surface area contributed by atoms with Crippen molar-refractivity contribution in [3.8, 4) is 0 Å². The fourth-order valence-electron chi connectivity index (χ4n) is 8.21. The Morgan fingerprint density at radius 3 is 2.23 bits per heavy atom. The van der Waals surface area contributed by atoms with Gasteiger partial charge in [0.15, 0.2) is 0 Å². The molecule has 6 amide bonds. The molecule has 3 heterocycles. The number of carbonyl (C=O) groups is 7. The summed E-state index contributed by atoms with van der Waals surface area (Å²) in [4.78, 5) is 121. The number of halogens is 2. The first-order valence-electron chi connectivity index (χ1n) is 20.3. The molecule has 2 aromatic rings. The van der Waals surface area contributed by atoms with Gasteiger partial charge >= 0.3 is 13.8 Å². The zero-order valence-electron chi connectivity index (χ0n) is 35.2. The van der Waals surface area contributed by atoms with Crippen molar-refractivity contribution in [1.82, 2.24) is 30.7 Å². The maximum absolute atomic E-state index is 14.7. The van der Waals surface area contributed by atoms with Gasteiger partial charge in [-0.15, -0.1) is 0 Å². The minimum atomic E-state index is -5.24. The molecule has 5 N–H and O–H groups in total. The van der Waals surface area contributed by atoms with Crippen molar-refractivity contribution < 1.29 is 66.0 Å². The number of rotatable bonds is 10. The van der Waals surface area contributed by atoms with Crippen LogP contribution in [-0.2, 0) is 60.2 Å². The van der Waals surface area contributed by atoms with E-state index in [9.17, 15) is 56.7 Å². The highest BCUT2D eigenvalue weighted by Gasteiger charge is 2.48. The highest BCUT2D eigenvalue weighted by molar-refractivity contribution is 7.46. The van der Waals surface area contributed by atoms with E-state index >= 15 is 0 Å². The van der Waals surface area contributed by atoms with Crippen LogP contribution in [0.15, 0.2) is 42.5 Å². The number of nitrogens with one attached hydrogen (secondary N) is 3. The first-order chi connectivity index (χ1) is 29.0. The van der Waals surface area contributed by atoms with Crippen LogP contribution in [0.4, 0.5) is 8.78 Å². The van der Waals surface area contributed by atoms with Crippen molar-refractivity contribution in [1.29, 1.82) is 0 Å². The third kappa shape index (κ3) is 11.8. The highest BCUT2D eigenvalue weighted by atomic mass is 31.2. The molecular weight excluding hydrogens is 837 g/mol. The Labute approximate surface area is 357 Å². The molecule has 0 unspecified atom stereocenters. The Morgan fingerprint density at radius 2 is 1.60 bits per heavy atom. The number of benzene rings is 2. The zero-order valence-corrected chi connectivity index (χ0v) is 36.1. The Hall–Kier alpha value is -5.30. The largest absolute Gasteiger partial charge is 0.469 e. The van der Waals surface area contributed by atoms with Crippen LogP contribution in [-0.4, -0.2) is 134 Å². The van der Waals surface area contributed by atoms with E-state index in [0.29, 0.717) is 11.6 Å². The molecule has 62 heavy (non-hydrogen) atoms. The molecular formula is C41H53F2N6O12P. The first kappa shape index (κ1) is 47.7. The van der Waals surface area contributed by atoms with E-state index in [1.54, 1.807) is 31.2 Å². The standard InChI is InChI=1S/C41H53F2N6O12P/c1-21-9-11-26(12-10-21)18-33(50)45-30(17-27-15-28(42)19-29(43)16-27)36(51)46-34-24(4)60-41(56)32-14-22(2)20-49(32)38(53)23(3)44-37(52)35(25(5)61-62(57,58)59)47(6)39(54)31-8-7-13-48(31)40(34)55/h9-12,15-16,19,22-25,30-32,34-35H,7-8,13-14,17-18,20H2,1-6H3,(H,44,52)(H,45,50)(H,46,51)(H2,57,58,59)/t22-,23+,24+,25+,30+,31+,32+,34+,35+/m1/s1. The summed E-state index contributed by atoms with van der Waals surface area (Å²) in [7, 11) is -4.07. The lowest BCUT2D eigenvalue weighted by Gasteiger charge is -2.37. The van der Waals surface area contributed by atoms with Crippen LogP contribution in [0, 0.1) is 24.5 Å². The maximum Gasteiger partial charge on any atom is 0.469 e. The Balaban J connectivity index is 1.54. The molecule has 3 saturated heterocycles. The van der Waals surface area contributed by atoms with E-state index in [0.717, 1.165) is 34.4 Å². The predicted octanol–water partition coefficient (Wildman–Crippen LogP) is 1.03. The van der Waals surface area contributed by atoms with E-state index in [-0.39, 0.29) is 50.3 Å². The summed E-state index contributed by atoms with van der Waals surface area (Å²) in [5, 5.41) is 7.64. The quantitative estimate of drug-likeness (QED) is 0.166. The van der Waals surface area contributed by atoms with Crippen molar-refractivity contribution in [3.05, 3.63) is 70.8 Å². The number of fused-ring (bicyclic) bond motifs is 2. The molecule has 0 spiro atoms. The van der Waals surface area contributed by atoms with E-state index in [1.165, 1.54) is 25.8 Å². The first-order valence-corrected chi connectivity index (χ1v) is 21.8. The van der Waals surface area contributed by atoms with Crippen LogP contribution in [0.5, 0.6) is 0 Å². The summed E-state index contributed by atoms with van der Waals surface area (Å²) in [6.07, 6.45) is -3.35. The number of aryl methyl sites for hydroxylation is 1. The average molecular weight is 891 g/mol. The molecule has 21 heteroatoms. The second-order valence-electron chi connectivity index (χ2n) is 16.4. The second kappa shape index (κ2) is 19.8. The number of esters is 1. The van der Waals surface area contributed by atoms with E-state index in [2.05, 4.69) is 16.0 Å². The minimum absolute atomic E-state index is 0.0137. The fraction of sp³-hybridized carbons (Fsp3) is 0.537. The van der Waals surface area contributed by atoms with Crippen LogP contribution in [0.3, 0.4) is 0 Å². The van der Waals surface area contributed by atoms with E-state index in [1.807, 2.05) is 6.92 Å². The second-order valence-corrected chi connectivity index (χ2v) is 17.5. The molecule has 338 valence electrons. The molecule has 9 atom stereocenters. The Kier molecular flexibility index (Phi) is 15.3. The van der Waals surface area contributed by atoms with E-state index in [4.69, 9.17) is 9.26 Å². The summed E-state index contributed by atoms with van der Waals surface area (Å²) in [5.74, 6) is -8.25. The van der Waals surface area contributed by atoms with Crippen molar-refractivity contribution in [2.75, 3.05) is 20.1 Å². The van der Waals surface area contributed by atoms with Gasteiger partial charge in [-0.3, -0.25) is 33.3 Å². The molecule has 0 radical (unpaired) electrons. The topological polar surface area (TPSA) is 241 Å². The number of cyclic esters (lactones) is 1. The molecule has 0 aromatic heterocycles. The molecule has 5 rings (SSSR count). The molecule has 0 bridgehead atoms. The summed E-state index contributed by atoms with van der Waals surface area (Å²) in [6, 6.07) is 0.701. The lowest BCUT2D eigenvalue weighted by molar-refractivity contribution is -0.163. The third-order valence-electron chi connectivity index (χ3n) is 11.2. The lowest BCUT2D eigenvalue weighted by Crippen LogP contribution is -2.63. The van der Waals surface area contributed by atoms with Gasteiger partial charge in [0.2, 0.25) is 35.4 Å². The predicted molar refractivity (Wildman–Crippen MR) is 215 cm³/mol. The van der Waals surface area contributed by atoms with Gasteiger partial charge in [-0.1, -0.05) is 36.8 Å². The highest BCUT2D eigenvalue weighted by Crippen LogP contribution is 2.39. The van der Waals surface area contributed by atoms with Crippen molar-refractivity contribution in [3.63, 3.8) is 0 Å². The van der Waals surface area contributed by atoms with Crippen LogP contribution in [0.25, 0.3) is 0 Å². The van der Waals surface area contributed by atoms with Gasteiger partial charge in [-0.05, 0) is 76.1 Å². The number of amides is 6. The summed E-state index contributed by atoms with van der Waals surface area (Å²) < 4.78 is 51.3. The smallest absolute Gasteiger partial charge is 0.458 e. The number of hydrogen-bond acceptors (Lipinski definition) is 10. The van der Waals surface area contributed by atoms with Gasteiger partial charge in [-0.2, -0.15) is 0 Å². The summed E-state index contributed by atoms with van der Waals surface area (Å²) >= 11 is 0. The van der Waals surface area contributed by atoms with Gasteiger partial charge in [0.25, 0.3) is 0 Å². The minimum Gasteiger partial charge on any atom is -0.458 e. The molecule has 3 aliphatic rings. The summed E-state index contributed by atoms with van der Waals surface area (Å²) in [5.41, 5.74) is 1.52. The SMILES string of the molecule is Cc1ccc(CC(=O)N[C@@H](Cc2cc(F)cc(F)c2)C(=O)N[C@@H]2C(=O)N3CCC[C@H]3C(=O)N(C)[C@@H]([C@H](C)OP(=O)(O)O)C(=O)N[C@@H](C)C(=O)N3C[C@H](C)C[C@H]3C(=O)O[C@H]2C)cc1. The molecule has 3 aliphatic heterocycles. The van der Waals surface area contributed by atoms with Crippen LogP contribution >= 0.6 is 7.82 Å². The van der Waals surface area contributed by atoms with Crippen molar-refractivity contribution in [2.45, 2.75) is 115 Å². The number of phosphoric ester groups is 1. The lowest BCUT2D eigenvalue weighted by atomic mass is 10.0. The van der Waals surface area contributed by atoms with Crippen LogP contribution in [0.1, 0.15) is 63.6 Å². The average Bonchev–Trinajstić information content (AvgIpc) is 3.82. The van der Waals surface area contributed by atoms with Gasteiger partial charge in [0, 0.05) is 32.6 Å². The van der Waals surface area contributed by atoms with Gasteiger partial charge < -0.3 is 45.2 Å². The van der Waals surface area contributed by atoms with Gasteiger partial charge in [0.1, 0.15) is 54.0 Å². The van der Waals surface area contributed by atoms with E-state index < -0.39 is 116 Å². The number of phosphoric acid groups is 1. The number of likely N-dealkylation sites (N-methyl/N-ethyl adjacent to an activating group) is 1. The zero-order chi connectivity index (χ0) is 45.8. The molecule has 0 aliphatic carbocycles. The van der Waals surface area contributed by atoms with Crippen molar-refractivity contribution in [2.24, 2.45) is 5.92 Å². The summed E-state index contributed by atoms with van der Waals surface area (Å²) in [6.45, 7) is 7.44. The monoisotopic (exact) mass is 890 g/mol. The molecule has 3 fully saturated rings. The number of ether oxygens (including phenoxy) is 1. The third-order valence-corrected chi connectivity index (χ3v) is 11.8. The normalized spacial score (nSPS) is 26.3. The molecule has 0 saturated carbocycles.